The van der Waals surface area contributed by atoms with E-state index in [0.29, 0.717) is 50.9 Å². The molecule has 0 bridgehead atoms. The second-order valence-electron chi connectivity index (χ2n) is 8.81. The number of aliphatic imine (C=N–C) groups is 1. The molecule has 4 atom stereocenters. The van der Waals surface area contributed by atoms with Gasteiger partial charge in [0.15, 0.2) is 5.96 Å². The van der Waals surface area contributed by atoms with Gasteiger partial charge in [-0.2, -0.15) is 11.8 Å². The molecule has 0 radical (unpaired) electrons. The molecule has 0 fully saturated rings. The average Bonchev–Trinajstić information content (AvgIpc) is 2.81. The molecule has 0 aliphatic carbocycles. The van der Waals surface area contributed by atoms with Gasteiger partial charge in [0.25, 0.3) is 0 Å². The maximum absolute atomic E-state index is 13.1. The van der Waals surface area contributed by atoms with E-state index in [1.54, 1.807) is 13.8 Å². The first-order valence-corrected chi connectivity index (χ1v) is 13.5. The van der Waals surface area contributed by atoms with Crippen LogP contribution >= 0.6 is 11.8 Å². The van der Waals surface area contributed by atoms with E-state index in [-0.39, 0.29) is 18.3 Å². The molecule has 4 unspecified atom stereocenters. The lowest BCUT2D eigenvalue weighted by Crippen LogP contribution is -2.58. The minimum Gasteiger partial charge on any atom is -0.480 e. The molecule has 12 N–H and O–H groups in total. The molecular weight excluding hydrogens is 488 g/mol. The Morgan fingerprint density at radius 2 is 1.53 bits per heavy atom. The largest absolute Gasteiger partial charge is 0.480 e. The number of nitrogens with two attached hydrogens (primary N) is 4. The van der Waals surface area contributed by atoms with Gasteiger partial charge in [-0.15, -0.1) is 0 Å². The van der Waals surface area contributed by atoms with Crippen LogP contribution in [0.5, 0.6) is 0 Å². The molecule has 0 rings (SSSR count). The lowest BCUT2D eigenvalue weighted by atomic mass is 10.0. The number of thioether (sulfide) groups is 1. The first kappa shape index (κ1) is 33.4. The standard InChI is InChI=1S/C22H44N8O5S/c1-13(2)17(20(33)29-16(21(34)35)9-12-36-3)30-19(32)15(8-4-5-10-23)28-18(31)14(24)7-6-11-27-22(25)26/h13-17H,4-12,23-24H2,1-3H3,(H,28,31)(H,29,33)(H,30,32)(H,34,35)(H4,25,26,27). The number of guanidine groups is 1. The Hall–Kier alpha value is -2.58. The molecule has 0 aliphatic rings. The molecule has 208 valence electrons. The van der Waals surface area contributed by atoms with E-state index in [2.05, 4.69) is 20.9 Å². The van der Waals surface area contributed by atoms with E-state index in [9.17, 15) is 24.3 Å². The summed E-state index contributed by atoms with van der Waals surface area (Å²) >= 11 is 1.47. The summed E-state index contributed by atoms with van der Waals surface area (Å²) in [5.41, 5.74) is 22.1. The number of nitrogens with one attached hydrogen (secondary N) is 3. The van der Waals surface area contributed by atoms with Crippen LogP contribution in [0.4, 0.5) is 0 Å². The summed E-state index contributed by atoms with van der Waals surface area (Å²) in [6.45, 7) is 4.22. The summed E-state index contributed by atoms with van der Waals surface area (Å²) in [4.78, 5) is 53.9. The van der Waals surface area contributed by atoms with Crippen LogP contribution in [-0.4, -0.2) is 84.0 Å². The second kappa shape index (κ2) is 18.7. The Bertz CT molecular complexity index is 733. The summed E-state index contributed by atoms with van der Waals surface area (Å²) in [5, 5.41) is 17.3. The molecular formula is C22H44N8O5S. The topological polar surface area (TPSA) is 241 Å². The number of carboxylic acids is 1. The Labute approximate surface area is 217 Å². The Morgan fingerprint density at radius 3 is 2.06 bits per heavy atom. The Kier molecular flexibility index (Phi) is 17.3. The molecule has 0 heterocycles. The molecule has 0 aromatic rings. The van der Waals surface area contributed by atoms with Crippen LogP contribution in [0.3, 0.4) is 0 Å². The van der Waals surface area contributed by atoms with E-state index in [4.69, 9.17) is 22.9 Å². The molecule has 0 saturated heterocycles. The summed E-state index contributed by atoms with van der Waals surface area (Å²) in [5.74, 6) is -2.65. The van der Waals surface area contributed by atoms with Crippen molar-refractivity contribution in [3.05, 3.63) is 0 Å². The number of carbonyl (C=O) groups is 4. The predicted octanol–water partition coefficient (Wildman–Crippen LogP) is -1.56. The monoisotopic (exact) mass is 532 g/mol. The van der Waals surface area contributed by atoms with Crippen molar-refractivity contribution >= 4 is 41.4 Å². The highest BCUT2D eigenvalue weighted by molar-refractivity contribution is 7.98. The van der Waals surface area contributed by atoms with Crippen LogP contribution in [0.1, 0.15) is 52.4 Å². The van der Waals surface area contributed by atoms with E-state index >= 15 is 0 Å². The first-order chi connectivity index (χ1) is 16.9. The van der Waals surface area contributed by atoms with E-state index in [1.807, 2.05) is 6.26 Å². The highest BCUT2D eigenvalue weighted by Crippen LogP contribution is 2.08. The van der Waals surface area contributed by atoms with Gasteiger partial charge in [-0.25, -0.2) is 4.79 Å². The zero-order valence-corrected chi connectivity index (χ0v) is 22.3. The first-order valence-electron chi connectivity index (χ1n) is 12.1. The number of hydrogen-bond acceptors (Lipinski definition) is 8. The van der Waals surface area contributed by atoms with Gasteiger partial charge in [-0.3, -0.25) is 19.4 Å². The third kappa shape index (κ3) is 14.1. The maximum atomic E-state index is 13.1. The number of nitrogens with zero attached hydrogens (tertiary/aromatic N) is 1. The minimum absolute atomic E-state index is 0.0488. The molecule has 0 saturated carbocycles. The molecule has 13 nitrogen and oxygen atoms in total. The lowest BCUT2D eigenvalue weighted by Gasteiger charge is -2.27. The third-order valence-electron chi connectivity index (χ3n) is 5.36. The van der Waals surface area contributed by atoms with Crippen molar-refractivity contribution in [2.45, 2.75) is 76.5 Å². The Morgan fingerprint density at radius 1 is 0.889 bits per heavy atom. The van der Waals surface area contributed by atoms with Crippen molar-refractivity contribution < 1.29 is 24.3 Å². The van der Waals surface area contributed by atoms with Crippen LogP contribution in [-0.2, 0) is 19.2 Å². The van der Waals surface area contributed by atoms with Crippen molar-refractivity contribution in [1.82, 2.24) is 16.0 Å². The average molecular weight is 533 g/mol. The van der Waals surface area contributed by atoms with Crippen molar-refractivity contribution in [2.75, 3.05) is 25.1 Å². The third-order valence-corrected chi connectivity index (χ3v) is 6.00. The van der Waals surface area contributed by atoms with Gasteiger partial charge >= 0.3 is 5.97 Å². The van der Waals surface area contributed by atoms with Crippen LogP contribution in [0.25, 0.3) is 0 Å². The number of carboxylic acid groups (broad SMARTS) is 1. The van der Waals surface area contributed by atoms with Gasteiger partial charge in [0.05, 0.1) is 6.04 Å². The van der Waals surface area contributed by atoms with Crippen LogP contribution in [0.15, 0.2) is 4.99 Å². The van der Waals surface area contributed by atoms with Crippen molar-refractivity contribution in [1.29, 1.82) is 0 Å². The molecule has 0 spiro atoms. The van der Waals surface area contributed by atoms with Crippen molar-refractivity contribution in [3.8, 4) is 0 Å². The fourth-order valence-corrected chi connectivity index (χ4v) is 3.71. The molecule has 0 aliphatic heterocycles. The minimum atomic E-state index is -1.15. The van der Waals surface area contributed by atoms with Gasteiger partial charge in [0.1, 0.15) is 18.1 Å². The van der Waals surface area contributed by atoms with Gasteiger partial charge in [-0.05, 0) is 63.0 Å². The number of aliphatic carboxylic acids is 1. The number of amides is 3. The quantitative estimate of drug-likeness (QED) is 0.0540. The maximum Gasteiger partial charge on any atom is 0.326 e. The number of carbonyl (C=O) groups excluding carboxylic acids is 3. The number of unbranched alkanes of at least 4 members (excludes halogenated alkanes) is 1. The Balaban J connectivity index is 5.32. The smallest absolute Gasteiger partial charge is 0.326 e. The summed E-state index contributed by atoms with van der Waals surface area (Å²) in [6, 6.07) is -3.87. The molecule has 14 heteroatoms. The highest BCUT2D eigenvalue weighted by Gasteiger charge is 2.31. The van der Waals surface area contributed by atoms with Crippen LogP contribution < -0.4 is 38.9 Å². The fourth-order valence-electron chi connectivity index (χ4n) is 3.23. The summed E-state index contributed by atoms with van der Waals surface area (Å²) in [7, 11) is 0. The summed E-state index contributed by atoms with van der Waals surface area (Å²) in [6.07, 6.45) is 4.40. The van der Waals surface area contributed by atoms with Crippen molar-refractivity contribution in [2.24, 2.45) is 33.8 Å². The van der Waals surface area contributed by atoms with Gasteiger partial charge in [0.2, 0.25) is 17.7 Å². The summed E-state index contributed by atoms with van der Waals surface area (Å²) < 4.78 is 0. The van der Waals surface area contributed by atoms with Gasteiger partial charge in [-0.1, -0.05) is 13.8 Å². The van der Waals surface area contributed by atoms with Gasteiger partial charge in [0, 0.05) is 6.54 Å². The lowest BCUT2D eigenvalue weighted by molar-refractivity contribution is -0.142. The predicted molar refractivity (Wildman–Crippen MR) is 142 cm³/mol. The molecule has 3 amide bonds. The van der Waals surface area contributed by atoms with Crippen LogP contribution in [0.2, 0.25) is 0 Å². The number of rotatable bonds is 19. The van der Waals surface area contributed by atoms with Crippen LogP contribution in [0, 0.1) is 5.92 Å². The zero-order valence-electron chi connectivity index (χ0n) is 21.5. The SMILES string of the molecule is CSCCC(NC(=O)C(NC(=O)C(CCCCN)NC(=O)C(N)CCCN=C(N)N)C(C)C)C(=O)O. The zero-order chi connectivity index (χ0) is 27.7. The molecule has 0 aromatic carbocycles. The van der Waals surface area contributed by atoms with Crippen molar-refractivity contribution in [3.63, 3.8) is 0 Å². The molecule has 36 heavy (non-hydrogen) atoms. The normalized spacial score (nSPS) is 14.3. The highest BCUT2D eigenvalue weighted by atomic mass is 32.2. The van der Waals surface area contributed by atoms with E-state index in [0.717, 1.165) is 0 Å². The number of hydrogen-bond donors (Lipinski definition) is 8. The van der Waals surface area contributed by atoms with Gasteiger partial charge < -0.3 is 44.0 Å². The fraction of sp³-hybridized carbons (Fsp3) is 0.773. The molecule has 0 aromatic heterocycles. The van der Waals surface area contributed by atoms with E-state index < -0.39 is 47.9 Å². The second-order valence-corrected chi connectivity index (χ2v) is 9.80. The van der Waals surface area contributed by atoms with E-state index in [1.165, 1.54) is 11.8 Å².